The second-order valence-corrected chi connectivity index (χ2v) is 34.7. The van der Waals surface area contributed by atoms with E-state index in [-0.39, 0.29) is 25.7 Å². The number of hydrogen-bond acceptors (Lipinski definition) is 15. The Hall–Kier alpha value is -1.94. The third-order valence-electron chi connectivity index (χ3n) is 20.2. The molecule has 0 spiro atoms. The summed E-state index contributed by atoms with van der Waals surface area (Å²) < 4.78 is 68.9. The molecule has 104 heavy (non-hydrogen) atoms. The van der Waals surface area contributed by atoms with E-state index < -0.39 is 97.5 Å². The lowest BCUT2D eigenvalue weighted by Crippen LogP contribution is -2.30. The van der Waals surface area contributed by atoms with Crippen molar-refractivity contribution in [1.29, 1.82) is 0 Å². The fraction of sp³-hybridized carbons (Fsp3) is 0.953. The van der Waals surface area contributed by atoms with E-state index in [1.807, 2.05) is 0 Å². The number of unbranched alkanes of at least 4 members (excludes halogenated alkanes) is 50. The number of carbonyl (C=O) groups is 4. The van der Waals surface area contributed by atoms with Crippen LogP contribution in [0, 0.1) is 17.8 Å². The van der Waals surface area contributed by atoms with Gasteiger partial charge in [-0.05, 0) is 43.4 Å². The number of phosphoric acid groups is 2. The molecule has 0 amide bonds. The number of hydrogen-bond donors (Lipinski definition) is 3. The lowest BCUT2D eigenvalue weighted by atomic mass is 9.99. The number of carbonyl (C=O) groups excluding carboxylic acids is 4. The zero-order valence-electron chi connectivity index (χ0n) is 68.5. The third-order valence-corrected chi connectivity index (χ3v) is 22.1. The van der Waals surface area contributed by atoms with Crippen LogP contribution in [0.2, 0.25) is 0 Å². The SMILES string of the molecule is CCCCCCCCCCCCCCCCCCCCCC(=O)OC[C@H](COP(=O)(O)OC[C@@H](O)COP(=O)(O)OC[C@@H](COC(=O)CCCCCCCCCCC(C)CC)OC(=O)CCCCCCCCCCCCCC(C)C)OC(=O)CCCCCCCCCCCCCCCCCCC(C)C. The Balaban J connectivity index is 5.26. The first kappa shape index (κ1) is 102. The van der Waals surface area contributed by atoms with Crippen molar-refractivity contribution < 1.29 is 80.2 Å². The van der Waals surface area contributed by atoms with Crippen molar-refractivity contribution in [3.8, 4) is 0 Å². The van der Waals surface area contributed by atoms with E-state index in [1.54, 1.807) is 0 Å². The van der Waals surface area contributed by atoms with Gasteiger partial charge in [-0.25, -0.2) is 9.13 Å². The van der Waals surface area contributed by atoms with Crippen LogP contribution in [-0.4, -0.2) is 96.7 Å². The van der Waals surface area contributed by atoms with Crippen molar-refractivity contribution >= 4 is 39.5 Å². The number of esters is 4. The zero-order chi connectivity index (χ0) is 76.5. The molecule has 3 unspecified atom stereocenters. The Morgan fingerprint density at radius 2 is 0.490 bits per heavy atom. The minimum Gasteiger partial charge on any atom is -0.462 e. The molecule has 17 nitrogen and oxygen atoms in total. The fourth-order valence-electron chi connectivity index (χ4n) is 13.2. The van der Waals surface area contributed by atoms with Gasteiger partial charge in [-0.2, -0.15) is 0 Å². The van der Waals surface area contributed by atoms with Gasteiger partial charge in [0.05, 0.1) is 26.4 Å². The van der Waals surface area contributed by atoms with Crippen LogP contribution in [-0.2, 0) is 65.4 Å². The fourth-order valence-corrected chi connectivity index (χ4v) is 14.7. The van der Waals surface area contributed by atoms with Crippen LogP contribution < -0.4 is 0 Å². The van der Waals surface area contributed by atoms with Crippen LogP contribution in [0.15, 0.2) is 0 Å². The van der Waals surface area contributed by atoms with Crippen molar-refractivity contribution in [3.63, 3.8) is 0 Å². The van der Waals surface area contributed by atoms with Crippen LogP contribution >= 0.6 is 15.6 Å². The summed E-state index contributed by atoms with van der Waals surface area (Å²) >= 11 is 0. The van der Waals surface area contributed by atoms with E-state index >= 15 is 0 Å². The van der Waals surface area contributed by atoms with Gasteiger partial charge in [-0.3, -0.25) is 37.3 Å². The molecule has 0 rings (SSSR count). The van der Waals surface area contributed by atoms with Crippen LogP contribution in [0.1, 0.15) is 447 Å². The molecule has 0 saturated heterocycles. The molecule has 0 bridgehead atoms. The highest BCUT2D eigenvalue weighted by Gasteiger charge is 2.30. The molecule has 0 heterocycles. The summed E-state index contributed by atoms with van der Waals surface area (Å²) in [6, 6.07) is 0. The van der Waals surface area contributed by atoms with E-state index in [1.165, 1.54) is 257 Å². The molecule has 0 aliphatic heterocycles. The molecule has 0 aliphatic carbocycles. The van der Waals surface area contributed by atoms with Crippen molar-refractivity contribution in [2.24, 2.45) is 17.8 Å². The van der Waals surface area contributed by atoms with E-state index in [0.29, 0.717) is 25.7 Å². The van der Waals surface area contributed by atoms with Gasteiger partial charge in [0.15, 0.2) is 12.2 Å². The number of aliphatic hydroxyl groups is 1. The second-order valence-electron chi connectivity index (χ2n) is 31.8. The highest BCUT2D eigenvalue weighted by atomic mass is 31.2. The lowest BCUT2D eigenvalue weighted by molar-refractivity contribution is -0.161. The number of ether oxygens (including phenoxy) is 4. The Bertz CT molecular complexity index is 2010. The molecule has 618 valence electrons. The molecular formula is C85H166O17P2. The zero-order valence-corrected chi connectivity index (χ0v) is 70.3. The first-order valence-electron chi connectivity index (χ1n) is 43.9. The largest absolute Gasteiger partial charge is 0.472 e. The molecule has 0 aromatic heterocycles. The van der Waals surface area contributed by atoms with Crippen molar-refractivity contribution in [1.82, 2.24) is 0 Å². The highest BCUT2D eigenvalue weighted by molar-refractivity contribution is 7.47. The van der Waals surface area contributed by atoms with Crippen LogP contribution in [0.4, 0.5) is 0 Å². The molecule has 6 atom stereocenters. The standard InChI is InChI=1S/C85H166O17P2/c1-8-10-11-12-13-14-15-16-17-18-19-20-24-27-32-37-45-52-59-66-82(87)95-72-80(101-84(89)68-61-54-47-38-33-28-25-22-21-23-26-30-35-42-49-56-63-76(3)4)74-99-103(91,92)97-70-79(86)71-98-104(93,94)100-75-81(73-96-83(88)67-60-53-46-41-40-44-51-58-65-78(7)9-2)102-85(90)69-62-55-48-39-34-29-31-36-43-50-57-64-77(5)6/h76-81,86H,8-75H2,1-7H3,(H,91,92)(H,93,94)/t78?,79-,80-,81-/m1/s1. The van der Waals surface area contributed by atoms with Crippen LogP contribution in [0.3, 0.4) is 0 Å². The van der Waals surface area contributed by atoms with Crippen molar-refractivity contribution in [3.05, 3.63) is 0 Å². The monoisotopic (exact) mass is 1520 g/mol. The van der Waals surface area contributed by atoms with E-state index in [2.05, 4.69) is 48.5 Å². The van der Waals surface area contributed by atoms with Crippen LogP contribution in [0.5, 0.6) is 0 Å². The van der Waals surface area contributed by atoms with Gasteiger partial charge in [0.1, 0.15) is 19.3 Å². The lowest BCUT2D eigenvalue weighted by Gasteiger charge is -2.21. The number of aliphatic hydroxyl groups excluding tert-OH is 1. The van der Waals surface area contributed by atoms with Crippen LogP contribution in [0.25, 0.3) is 0 Å². The summed E-state index contributed by atoms with van der Waals surface area (Å²) in [6.07, 6.45) is 65.2. The molecule has 0 fully saturated rings. The Morgan fingerprint density at radius 1 is 0.279 bits per heavy atom. The van der Waals surface area contributed by atoms with E-state index in [0.717, 1.165) is 108 Å². The minimum atomic E-state index is -4.97. The molecule has 0 saturated carbocycles. The quantitative estimate of drug-likeness (QED) is 0.0222. The summed E-state index contributed by atoms with van der Waals surface area (Å²) in [5.41, 5.74) is 0. The topological polar surface area (TPSA) is 237 Å². The molecular weight excluding hydrogens is 1350 g/mol. The normalized spacial score (nSPS) is 14.2. The summed E-state index contributed by atoms with van der Waals surface area (Å²) in [7, 11) is -9.93. The molecule has 0 aromatic carbocycles. The molecule has 0 aromatic rings. The maximum Gasteiger partial charge on any atom is 0.472 e. The van der Waals surface area contributed by atoms with Gasteiger partial charge >= 0.3 is 39.5 Å². The van der Waals surface area contributed by atoms with Gasteiger partial charge in [0.25, 0.3) is 0 Å². The Kier molecular flexibility index (Phi) is 73.7. The summed E-state index contributed by atoms with van der Waals surface area (Å²) in [5.74, 6) is 0.246. The van der Waals surface area contributed by atoms with Gasteiger partial charge in [-0.15, -0.1) is 0 Å². The van der Waals surface area contributed by atoms with Crippen molar-refractivity contribution in [2.45, 2.75) is 465 Å². The molecule has 3 N–H and O–H groups in total. The predicted octanol–water partition coefficient (Wildman–Crippen LogP) is 25.7. The van der Waals surface area contributed by atoms with Gasteiger partial charge in [0.2, 0.25) is 0 Å². The molecule has 0 radical (unpaired) electrons. The summed E-state index contributed by atoms with van der Waals surface area (Å²) in [4.78, 5) is 73.2. The average molecular weight is 1520 g/mol. The number of rotatable bonds is 83. The minimum absolute atomic E-state index is 0.106. The maximum absolute atomic E-state index is 13.1. The Labute approximate surface area is 638 Å². The van der Waals surface area contributed by atoms with E-state index in [4.69, 9.17) is 37.0 Å². The third kappa shape index (κ3) is 76.8. The first-order valence-corrected chi connectivity index (χ1v) is 46.9. The van der Waals surface area contributed by atoms with Gasteiger partial charge < -0.3 is 33.8 Å². The van der Waals surface area contributed by atoms with Crippen molar-refractivity contribution in [2.75, 3.05) is 39.6 Å². The summed E-state index contributed by atoms with van der Waals surface area (Å²) in [6.45, 7) is 12.0. The highest BCUT2D eigenvalue weighted by Crippen LogP contribution is 2.45. The predicted molar refractivity (Wildman–Crippen MR) is 428 cm³/mol. The smallest absolute Gasteiger partial charge is 0.462 e. The average Bonchev–Trinajstić information content (AvgIpc) is 0.903. The van der Waals surface area contributed by atoms with Gasteiger partial charge in [0, 0.05) is 25.7 Å². The van der Waals surface area contributed by atoms with Gasteiger partial charge in [-0.1, -0.05) is 395 Å². The molecule has 19 heteroatoms. The second kappa shape index (κ2) is 75.1. The number of phosphoric ester groups is 2. The Morgan fingerprint density at radius 3 is 0.731 bits per heavy atom. The first-order chi connectivity index (χ1) is 50.3. The van der Waals surface area contributed by atoms with E-state index in [9.17, 15) is 43.2 Å². The molecule has 0 aliphatic rings. The maximum atomic E-state index is 13.1. The summed E-state index contributed by atoms with van der Waals surface area (Å²) in [5, 5.41) is 10.7.